The zero-order valence-electron chi connectivity index (χ0n) is 20.5. The van der Waals surface area contributed by atoms with Gasteiger partial charge in [0.1, 0.15) is 12.6 Å². The fourth-order valence-electron chi connectivity index (χ4n) is 3.56. The number of ether oxygens (including phenoxy) is 3. The minimum atomic E-state index is -0.807. The third-order valence-corrected chi connectivity index (χ3v) is 5.29. The van der Waals surface area contributed by atoms with Crippen molar-refractivity contribution in [2.75, 3.05) is 13.2 Å². The Bertz CT molecular complexity index is 825. The van der Waals surface area contributed by atoms with E-state index in [9.17, 15) is 9.59 Å². The first-order chi connectivity index (χ1) is 16.6. The number of hydrogen-bond donors (Lipinski definition) is 2. The molecule has 34 heavy (non-hydrogen) atoms. The Kier molecular flexibility index (Phi) is 12.7. The second-order valence-corrected chi connectivity index (χ2v) is 7.98. The maximum absolute atomic E-state index is 13.4. The molecular weight excluding hydrogens is 432 g/mol. The number of carbonyl (C=O) groups excluding carboxylic acids is 2. The van der Waals surface area contributed by atoms with E-state index in [0.717, 1.165) is 24.0 Å². The van der Waals surface area contributed by atoms with Crippen LogP contribution in [0, 0.1) is 0 Å². The number of nitrogens with one attached hydrogen (secondary N) is 2. The van der Waals surface area contributed by atoms with Crippen LogP contribution in [0.25, 0.3) is 0 Å². The molecule has 2 aromatic carbocycles. The van der Waals surface area contributed by atoms with E-state index in [1.165, 1.54) is 0 Å². The number of alkyl carbamates (subject to hydrolysis) is 1. The molecule has 0 saturated carbocycles. The van der Waals surface area contributed by atoms with Gasteiger partial charge in [-0.3, -0.25) is 4.79 Å². The van der Waals surface area contributed by atoms with Crippen molar-refractivity contribution in [3.8, 4) is 0 Å². The van der Waals surface area contributed by atoms with Gasteiger partial charge < -0.3 is 24.8 Å². The summed E-state index contributed by atoms with van der Waals surface area (Å²) in [5, 5.41) is 5.81. The molecule has 7 nitrogen and oxygen atoms in total. The number of unbranched alkanes of at least 4 members (excludes halogenated alkanes) is 1. The van der Waals surface area contributed by atoms with Crippen molar-refractivity contribution in [3.63, 3.8) is 0 Å². The van der Waals surface area contributed by atoms with Crippen LogP contribution in [-0.2, 0) is 32.0 Å². The summed E-state index contributed by atoms with van der Waals surface area (Å²) in [6.45, 7) is 6.96. The monoisotopic (exact) mass is 470 g/mol. The van der Waals surface area contributed by atoms with Gasteiger partial charge in [-0.25, -0.2) is 4.79 Å². The summed E-state index contributed by atoms with van der Waals surface area (Å²) in [5.74, 6) is -0.300. The molecule has 2 amide bonds. The SMILES string of the molecule is CCCCC(NC(=O)[C@H](Cc1ccccc1)NC(=O)OCc1ccccc1)C(OCC)OCC. The Balaban J connectivity index is 2.11. The van der Waals surface area contributed by atoms with Crippen LogP contribution >= 0.6 is 0 Å². The fourth-order valence-corrected chi connectivity index (χ4v) is 3.56. The first-order valence-electron chi connectivity index (χ1n) is 12.1. The Labute approximate surface area is 203 Å². The Morgan fingerprint density at radius 3 is 1.97 bits per heavy atom. The third kappa shape index (κ3) is 9.93. The first-order valence-corrected chi connectivity index (χ1v) is 12.1. The number of rotatable bonds is 15. The Morgan fingerprint density at radius 2 is 1.41 bits per heavy atom. The molecule has 0 aliphatic carbocycles. The lowest BCUT2D eigenvalue weighted by Gasteiger charge is -2.29. The lowest BCUT2D eigenvalue weighted by atomic mass is 10.0. The highest BCUT2D eigenvalue weighted by atomic mass is 16.7. The van der Waals surface area contributed by atoms with Gasteiger partial charge in [0.05, 0.1) is 6.04 Å². The van der Waals surface area contributed by atoms with Crippen molar-refractivity contribution in [1.29, 1.82) is 0 Å². The predicted octanol–water partition coefficient (Wildman–Crippen LogP) is 4.60. The maximum atomic E-state index is 13.4. The van der Waals surface area contributed by atoms with E-state index in [1.807, 2.05) is 74.5 Å². The summed E-state index contributed by atoms with van der Waals surface area (Å²) in [6, 6.07) is 17.9. The van der Waals surface area contributed by atoms with Crippen molar-refractivity contribution < 1.29 is 23.8 Å². The minimum absolute atomic E-state index is 0.127. The summed E-state index contributed by atoms with van der Waals surface area (Å²) in [5.41, 5.74) is 1.81. The molecule has 2 atom stereocenters. The van der Waals surface area contributed by atoms with Gasteiger partial charge in [-0.15, -0.1) is 0 Å². The van der Waals surface area contributed by atoms with Crippen LogP contribution in [0.4, 0.5) is 4.79 Å². The number of amides is 2. The molecule has 0 aromatic heterocycles. The van der Waals surface area contributed by atoms with E-state index >= 15 is 0 Å². The van der Waals surface area contributed by atoms with Gasteiger partial charge in [0, 0.05) is 19.6 Å². The van der Waals surface area contributed by atoms with Crippen molar-refractivity contribution in [3.05, 3.63) is 71.8 Å². The minimum Gasteiger partial charge on any atom is -0.445 e. The molecule has 1 unspecified atom stereocenters. The second kappa shape index (κ2) is 15.9. The summed E-state index contributed by atoms with van der Waals surface area (Å²) in [4.78, 5) is 25.9. The molecule has 0 spiro atoms. The highest BCUT2D eigenvalue weighted by molar-refractivity contribution is 5.86. The summed E-state index contributed by atoms with van der Waals surface area (Å²) in [7, 11) is 0. The lowest BCUT2D eigenvalue weighted by molar-refractivity contribution is -0.160. The van der Waals surface area contributed by atoms with Crippen molar-refractivity contribution in [2.24, 2.45) is 0 Å². The van der Waals surface area contributed by atoms with E-state index in [-0.39, 0.29) is 18.6 Å². The van der Waals surface area contributed by atoms with E-state index in [1.54, 1.807) is 0 Å². The van der Waals surface area contributed by atoms with Crippen molar-refractivity contribution in [2.45, 2.75) is 71.4 Å². The van der Waals surface area contributed by atoms with Gasteiger partial charge in [0.2, 0.25) is 5.91 Å². The van der Waals surface area contributed by atoms with Gasteiger partial charge in [-0.2, -0.15) is 0 Å². The smallest absolute Gasteiger partial charge is 0.408 e. The molecule has 0 heterocycles. The van der Waals surface area contributed by atoms with Crippen molar-refractivity contribution in [1.82, 2.24) is 10.6 Å². The molecule has 0 bridgehead atoms. The quantitative estimate of drug-likeness (QED) is 0.372. The Morgan fingerprint density at radius 1 is 0.824 bits per heavy atom. The van der Waals surface area contributed by atoms with E-state index in [2.05, 4.69) is 17.6 Å². The fraction of sp³-hybridized carbons (Fsp3) is 0.481. The standard InChI is InChI=1S/C27H38N2O5/c1-4-7-18-23(26(32-5-2)33-6-3)28-25(30)24(19-21-14-10-8-11-15-21)29-27(31)34-20-22-16-12-9-13-17-22/h8-17,23-24,26H,4-7,18-20H2,1-3H3,(H,28,30)(H,29,31)/t23?,24-/m0/s1. The van der Waals surface area contributed by atoms with Crippen LogP contribution in [-0.4, -0.2) is 43.6 Å². The molecule has 0 aliphatic heterocycles. The van der Waals surface area contributed by atoms with Gasteiger partial charge in [-0.05, 0) is 31.4 Å². The lowest BCUT2D eigenvalue weighted by Crippen LogP contribution is -2.54. The molecule has 0 aliphatic rings. The van der Waals surface area contributed by atoms with Crippen LogP contribution in [0.1, 0.15) is 51.2 Å². The first kappa shape index (κ1) is 27.3. The van der Waals surface area contributed by atoms with Crippen LogP contribution in [0.2, 0.25) is 0 Å². The molecule has 2 aromatic rings. The molecule has 186 valence electrons. The van der Waals surface area contributed by atoms with Gasteiger partial charge >= 0.3 is 6.09 Å². The highest BCUT2D eigenvalue weighted by Crippen LogP contribution is 2.12. The van der Waals surface area contributed by atoms with Crippen LogP contribution in [0.15, 0.2) is 60.7 Å². The Hall–Kier alpha value is -2.90. The normalized spacial score (nSPS) is 12.7. The zero-order valence-corrected chi connectivity index (χ0v) is 20.5. The molecule has 0 fully saturated rings. The average Bonchev–Trinajstić information content (AvgIpc) is 2.86. The second-order valence-electron chi connectivity index (χ2n) is 7.98. The van der Waals surface area contributed by atoms with Crippen molar-refractivity contribution >= 4 is 12.0 Å². The topological polar surface area (TPSA) is 85.9 Å². The summed E-state index contributed by atoms with van der Waals surface area (Å²) in [6.07, 6.45) is 1.75. The molecular formula is C27H38N2O5. The van der Waals surface area contributed by atoms with E-state index in [0.29, 0.717) is 26.1 Å². The number of hydrogen-bond acceptors (Lipinski definition) is 5. The molecule has 0 saturated heterocycles. The molecule has 2 N–H and O–H groups in total. The van der Waals surface area contributed by atoms with E-state index < -0.39 is 18.4 Å². The molecule has 2 rings (SSSR count). The van der Waals surface area contributed by atoms with Gasteiger partial charge in [-0.1, -0.05) is 80.4 Å². The van der Waals surface area contributed by atoms with Crippen LogP contribution in [0.5, 0.6) is 0 Å². The van der Waals surface area contributed by atoms with E-state index in [4.69, 9.17) is 14.2 Å². The van der Waals surface area contributed by atoms with Gasteiger partial charge in [0.25, 0.3) is 0 Å². The van der Waals surface area contributed by atoms with Crippen LogP contribution < -0.4 is 10.6 Å². The predicted molar refractivity (Wildman–Crippen MR) is 132 cm³/mol. The summed E-state index contributed by atoms with van der Waals surface area (Å²) < 4.78 is 16.9. The largest absolute Gasteiger partial charge is 0.445 e. The average molecular weight is 471 g/mol. The summed E-state index contributed by atoms with van der Waals surface area (Å²) >= 11 is 0. The maximum Gasteiger partial charge on any atom is 0.408 e. The third-order valence-electron chi connectivity index (χ3n) is 5.29. The number of carbonyl (C=O) groups is 2. The van der Waals surface area contributed by atoms with Gasteiger partial charge in [0.15, 0.2) is 6.29 Å². The van der Waals surface area contributed by atoms with Crippen LogP contribution in [0.3, 0.4) is 0 Å². The highest BCUT2D eigenvalue weighted by Gasteiger charge is 2.29. The molecule has 7 heteroatoms. The number of benzene rings is 2. The molecule has 0 radical (unpaired) electrons. The zero-order chi connectivity index (χ0) is 24.6.